The molecule has 0 amide bonds. The number of rotatable bonds is 4. The third-order valence-electron chi connectivity index (χ3n) is 5.23. The zero-order valence-corrected chi connectivity index (χ0v) is 15.8. The smallest absolute Gasteiger partial charge is 0.341 e. The van der Waals surface area contributed by atoms with Crippen molar-refractivity contribution in [3.63, 3.8) is 0 Å². The average molecular weight is 335 g/mol. The Morgan fingerprint density at radius 3 is 2.58 bits per heavy atom. The second kappa shape index (κ2) is 6.49. The number of ether oxygens (including phenoxy) is 1. The number of likely N-dealkylation sites (tertiary alicyclic amines) is 1. The predicted octanol–water partition coefficient (Wildman–Crippen LogP) is 2.96. The van der Waals surface area contributed by atoms with Crippen LogP contribution < -0.4 is 5.32 Å². The van der Waals surface area contributed by atoms with Crippen LogP contribution in [0, 0.1) is 12.3 Å². The maximum Gasteiger partial charge on any atom is 0.341 e. The molecule has 6 heteroatoms. The summed E-state index contributed by atoms with van der Waals surface area (Å²) in [5, 5.41) is 3.35. The molecule has 6 nitrogen and oxygen atoms in total. The number of nitrogens with one attached hydrogen (secondary N) is 1. The molecular formula is C18H29N3O3. The molecule has 2 rings (SSSR count). The van der Waals surface area contributed by atoms with E-state index in [1.165, 1.54) is 7.11 Å². The van der Waals surface area contributed by atoms with Crippen LogP contribution in [0.25, 0.3) is 0 Å². The van der Waals surface area contributed by atoms with Gasteiger partial charge in [-0.3, -0.25) is 0 Å². The Bertz CT molecular complexity index is 644. The number of guanidine groups is 1. The SMILES string of the molecule is CCNC(=NCc1cc(C(=O)OC)c(C)o1)N1CC(C)(C)C1(C)C. The molecule has 0 radical (unpaired) electrons. The number of nitrogens with zero attached hydrogens (tertiary/aromatic N) is 2. The molecule has 1 fully saturated rings. The minimum Gasteiger partial charge on any atom is -0.465 e. The lowest BCUT2D eigenvalue weighted by Crippen LogP contribution is -2.72. The first-order valence-corrected chi connectivity index (χ1v) is 8.37. The van der Waals surface area contributed by atoms with Crippen LogP contribution in [-0.4, -0.2) is 42.6 Å². The molecule has 24 heavy (non-hydrogen) atoms. The van der Waals surface area contributed by atoms with Crippen molar-refractivity contribution < 1.29 is 13.9 Å². The van der Waals surface area contributed by atoms with Crippen molar-refractivity contribution in [3.05, 3.63) is 23.2 Å². The van der Waals surface area contributed by atoms with E-state index >= 15 is 0 Å². The lowest BCUT2D eigenvalue weighted by Gasteiger charge is -2.62. The average Bonchev–Trinajstić information content (AvgIpc) is 2.89. The number of hydrogen-bond acceptors (Lipinski definition) is 4. The Labute approximate surface area is 144 Å². The van der Waals surface area contributed by atoms with Crippen molar-refractivity contribution in [2.75, 3.05) is 20.2 Å². The van der Waals surface area contributed by atoms with Gasteiger partial charge in [0, 0.05) is 24.0 Å². The van der Waals surface area contributed by atoms with Gasteiger partial charge in [-0.1, -0.05) is 13.8 Å². The fourth-order valence-electron chi connectivity index (χ4n) is 2.88. The van der Waals surface area contributed by atoms with Gasteiger partial charge in [-0.25, -0.2) is 9.79 Å². The van der Waals surface area contributed by atoms with E-state index in [0.29, 0.717) is 23.6 Å². The van der Waals surface area contributed by atoms with Crippen molar-refractivity contribution >= 4 is 11.9 Å². The summed E-state index contributed by atoms with van der Waals surface area (Å²) in [5.41, 5.74) is 0.727. The van der Waals surface area contributed by atoms with Crippen LogP contribution in [0.3, 0.4) is 0 Å². The van der Waals surface area contributed by atoms with E-state index in [4.69, 9.17) is 14.1 Å². The van der Waals surface area contributed by atoms with Crippen LogP contribution in [0.2, 0.25) is 0 Å². The van der Waals surface area contributed by atoms with Crippen molar-refractivity contribution in [2.45, 2.75) is 53.6 Å². The maximum absolute atomic E-state index is 11.7. The Balaban J connectivity index is 2.17. The van der Waals surface area contributed by atoms with Gasteiger partial charge >= 0.3 is 5.97 Å². The highest BCUT2D eigenvalue weighted by atomic mass is 16.5. The number of carbonyl (C=O) groups excluding carboxylic acids is 1. The fraction of sp³-hybridized carbons (Fsp3) is 0.667. The first-order chi connectivity index (χ1) is 11.1. The van der Waals surface area contributed by atoms with E-state index in [1.807, 2.05) is 0 Å². The second-order valence-electron chi connectivity index (χ2n) is 7.37. The normalized spacial score (nSPS) is 19.0. The first kappa shape index (κ1) is 18.4. The number of methoxy groups -OCH3 is 1. The summed E-state index contributed by atoms with van der Waals surface area (Å²) in [5.74, 6) is 1.70. The van der Waals surface area contributed by atoms with Crippen molar-refractivity contribution in [2.24, 2.45) is 10.4 Å². The van der Waals surface area contributed by atoms with Crippen molar-refractivity contribution in [1.29, 1.82) is 0 Å². The predicted molar refractivity (Wildman–Crippen MR) is 94.2 cm³/mol. The summed E-state index contributed by atoms with van der Waals surface area (Å²) in [4.78, 5) is 18.6. The molecule has 1 aromatic rings. The Hall–Kier alpha value is -1.98. The number of hydrogen-bond donors (Lipinski definition) is 1. The zero-order valence-electron chi connectivity index (χ0n) is 15.8. The van der Waals surface area contributed by atoms with Crippen LogP contribution in [0.5, 0.6) is 0 Å². The number of aliphatic imine (C=N–C) groups is 1. The number of furan rings is 1. The highest BCUT2D eigenvalue weighted by Gasteiger charge is 2.53. The molecule has 0 aliphatic carbocycles. The van der Waals surface area contributed by atoms with E-state index in [0.717, 1.165) is 19.0 Å². The minimum atomic E-state index is -0.385. The van der Waals surface area contributed by atoms with Crippen LogP contribution in [0.4, 0.5) is 0 Å². The molecule has 1 aromatic heterocycles. The van der Waals surface area contributed by atoms with Crippen LogP contribution >= 0.6 is 0 Å². The number of esters is 1. The summed E-state index contributed by atoms with van der Waals surface area (Å²) in [7, 11) is 1.36. The van der Waals surface area contributed by atoms with Gasteiger partial charge < -0.3 is 19.4 Å². The Kier molecular flexibility index (Phi) is 4.97. The van der Waals surface area contributed by atoms with Crippen LogP contribution in [0.15, 0.2) is 15.5 Å². The Morgan fingerprint density at radius 1 is 1.42 bits per heavy atom. The van der Waals surface area contributed by atoms with E-state index in [9.17, 15) is 4.79 Å². The summed E-state index contributed by atoms with van der Waals surface area (Å²) in [6, 6.07) is 1.71. The van der Waals surface area contributed by atoms with E-state index < -0.39 is 0 Å². The summed E-state index contributed by atoms with van der Waals surface area (Å²) in [6.45, 7) is 15.0. The highest BCUT2D eigenvalue weighted by Crippen LogP contribution is 2.46. The minimum absolute atomic E-state index is 0.0320. The van der Waals surface area contributed by atoms with E-state index in [1.54, 1.807) is 13.0 Å². The fourth-order valence-corrected chi connectivity index (χ4v) is 2.88. The number of aryl methyl sites for hydroxylation is 1. The lowest BCUT2D eigenvalue weighted by molar-refractivity contribution is -0.0668. The molecule has 0 atom stereocenters. The van der Waals surface area contributed by atoms with Gasteiger partial charge in [-0.05, 0) is 33.8 Å². The molecule has 2 heterocycles. The highest BCUT2D eigenvalue weighted by molar-refractivity contribution is 5.90. The molecule has 1 saturated heterocycles. The van der Waals surface area contributed by atoms with Crippen LogP contribution in [0.1, 0.15) is 56.5 Å². The van der Waals surface area contributed by atoms with Gasteiger partial charge in [0.2, 0.25) is 0 Å². The van der Waals surface area contributed by atoms with Gasteiger partial charge in [0.1, 0.15) is 23.6 Å². The van der Waals surface area contributed by atoms with Gasteiger partial charge in [0.05, 0.1) is 7.11 Å². The molecule has 1 aliphatic rings. The topological polar surface area (TPSA) is 67.1 Å². The molecule has 0 aromatic carbocycles. The largest absolute Gasteiger partial charge is 0.465 e. The third-order valence-corrected chi connectivity index (χ3v) is 5.23. The van der Waals surface area contributed by atoms with Gasteiger partial charge in [-0.2, -0.15) is 0 Å². The van der Waals surface area contributed by atoms with Gasteiger partial charge in [0.15, 0.2) is 5.96 Å². The number of carbonyl (C=O) groups is 1. The Morgan fingerprint density at radius 2 is 2.08 bits per heavy atom. The third kappa shape index (κ3) is 3.14. The summed E-state index contributed by atoms with van der Waals surface area (Å²) < 4.78 is 10.4. The molecule has 134 valence electrons. The van der Waals surface area contributed by atoms with Gasteiger partial charge in [-0.15, -0.1) is 0 Å². The summed E-state index contributed by atoms with van der Waals surface area (Å²) in [6.07, 6.45) is 0. The van der Waals surface area contributed by atoms with Gasteiger partial charge in [0.25, 0.3) is 0 Å². The van der Waals surface area contributed by atoms with E-state index in [2.05, 4.69) is 44.8 Å². The van der Waals surface area contributed by atoms with Crippen molar-refractivity contribution in [3.8, 4) is 0 Å². The first-order valence-electron chi connectivity index (χ1n) is 8.37. The quantitative estimate of drug-likeness (QED) is 0.520. The molecule has 0 spiro atoms. The molecule has 0 saturated carbocycles. The molecule has 1 N–H and O–H groups in total. The summed E-state index contributed by atoms with van der Waals surface area (Å²) >= 11 is 0. The second-order valence-corrected chi connectivity index (χ2v) is 7.37. The molecule has 0 unspecified atom stereocenters. The molecule has 0 bridgehead atoms. The monoisotopic (exact) mass is 335 g/mol. The lowest BCUT2D eigenvalue weighted by atomic mass is 9.65. The standard InChI is InChI=1S/C18H29N3O3/c1-8-19-16(21-11-17(3,4)18(21,5)6)20-10-13-9-14(12(2)24-13)15(22)23-7/h9H,8,10-11H2,1-7H3,(H,19,20). The maximum atomic E-state index is 11.7. The molecular weight excluding hydrogens is 306 g/mol. The zero-order chi connectivity index (χ0) is 18.1. The molecule has 1 aliphatic heterocycles. The van der Waals surface area contributed by atoms with E-state index in [-0.39, 0.29) is 16.9 Å². The van der Waals surface area contributed by atoms with Crippen LogP contribution in [-0.2, 0) is 11.3 Å². The van der Waals surface area contributed by atoms with Crippen molar-refractivity contribution in [1.82, 2.24) is 10.2 Å².